The molecular formula is C13H15FN2O2. The number of nitrogens with two attached hydrogens (primary N) is 1. The summed E-state index contributed by atoms with van der Waals surface area (Å²) in [4.78, 5) is 14.4. The highest BCUT2D eigenvalue weighted by molar-refractivity contribution is 5.84. The van der Waals surface area contributed by atoms with Gasteiger partial charge in [0.25, 0.3) is 0 Å². The lowest BCUT2D eigenvalue weighted by atomic mass is 10.1. The first-order valence-electron chi connectivity index (χ1n) is 5.79. The van der Waals surface area contributed by atoms with Crippen LogP contribution in [0.5, 0.6) is 0 Å². The van der Waals surface area contributed by atoms with E-state index in [9.17, 15) is 9.18 Å². The standard InChI is InChI=1S/C13H15FN2O2/c1-2-18-13(17)11(15)5-8-7-16-12-6-9(14)3-4-10(8)12/h3-4,6-7,11,16H,2,5,15H2,1H3/t11-/m1/s1. The monoisotopic (exact) mass is 250 g/mol. The summed E-state index contributed by atoms with van der Waals surface area (Å²) in [6, 6.07) is 3.77. The molecule has 0 bridgehead atoms. The van der Waals surface area contributed by atoms with Gasteiger partial charge in [-0.05, 0) is 30.7 Å². The van der Waals surface area contributed by atoms with E-state index in [1.807, 2.05) is 0 Å². The van der Waals surface area contributed by atoms with Crippen LogP contribution in [0, 0.1) is 5.82 Å². The Morgan fingerprint density at radius 1 is 1.56 bits per heavy atom. The molecule has 3 N–H and O–H groups in total. The highest BCUT2D eigenvalue weighted by atomic mass is 19.1. The van der Waals surface area contributed by atoms with Crippen LogP contribution in [-0.2, 0) is 16.0 Å². The van der Waals surface area contributed by atoms with Gasteiger partial charge in [0.2, 0.25) is 0 Å². The van der Waals surface area contributed by atoms with Crippen LogP contribution >= 0.6 is 0 Å². The van der Waals surface area contributed by atoms with Gasteiger partial charge in [-0.3, -0.25) is 4.79 Å². The summed E-state index contributed by atoms with van der Waals surface area (Å²) in [5.74, 6) is -0.723. The Hall–Kier alpha value is -1.88. The Bertz CT molecular complexity index is 565. The molecule has 0 fully saturated rings. The number of esters is 1. The van der Waals surface area contributed by atoms with E-state index in [4.69, 9.17) is 10.5 Å². The van der Waals surface area contributed by atoms with Crippen LogP contribution in [0.25, 0.3) is 10.9 Å². The first-order chi connectivity index (χ1) is 8.61. The van der Waals surface area contributed by atoms with E-state index in [0.29, 0.717) is 18.5 Å². The molecular weight excluding hydrogens is 235 g/mol. The first kappa shape index (κ1) is 12.6. The van der Waals surface area contributed by atoms with E-state index < -0.39 is 12.0 Å². The van der Waals surface area contributed by atoms with Crippen molar-refractivity contribution in [3.8, 4) is 0 Å². The van der Waals surface area contributed by atoms with Crippen LogP contribution in [0.4, 0.5) is 4.39 Å². The van der Waals surface area contributed by atoms with Crippen molar-refractivity contribution in [3.63, 3.8) is 0 Å². The van der Waals surface area contributed by atoms with E-state index in [2.05, 4.69) is 4.98 Å². The second kappa shape index (κ2) is 5.18. The van der Waals surface area contributed by atoms with Crippen LogP contribution in [0.2, 0.25) is 0 Å². The van der Waals surface area contributed by atoms with Crippen LogP contribution in [-0.4, -0.2) is 23.6 Å². The summed E-state index contributed by atoms with van der Waals surface area (Å²) >= 11 is 0. The molecule has 0 saturated heterocycles. The number of rotatable bonds is 4. The number of carbonyl (C=O) groups is 1. The third-order valence-corrected chi connectivity index (χ3v) is 2.76. The Kier molecular flexibility index (Phi) is 3.62. The molecule has 0 unspecified atom stereocenters. The van der Waals surface area contributed by atoms with Gasteiger partial charge in [-0.15, -0.1) is 0 Å². The molecule has 0 amide bonds. The third-order valence-electron chi connectivity index (χ3n) is 2.76. The van der Waals surface area contributed by atoms with Gasteiger partial charge in [0.05, 0.1) is 6.61 Å². The molecule has 1 heterocycles. The van der Waals surface area contributed by atoms with Crippen molar-refractivity contribution in [1.29, 1.82) is 0 Å². The Morgan fingerprint density at radius 2 is 2.33 bits per heavy atom. The smallest absolute Gasteiger partial charge is 0.323 e. The maximum atomic E-state index is 13.0. The molecule has 1 atom stereocenters. The number of carbonyl (C=O) groups excluding carboxylic acids is 1. The minimum Gasteiger partial charge on any atom is -0.465 e. The Morgan fingerprint density at radius 3 is 3.06 bits per heavy atom. The summed E-state index contributed by atoms with van der Waals surface area (Å²) in [7, 11) is 0. The molecule has 0 spiro atoms. The predicted molar refractivity (Wildman–Crippen MR) is 66.6 cm³/mol. The molecule has 1 aromatic heterocycles. The van der Waals surface area contributed by atoms with Crippen molar-refractivity contribution in [1.82, 2.24) is 4.98 Å². The van der Waals surface area contributed by atoms with Crippen molar-refractivity contribution in [3.05, 3.63) is 35.8 Å². The maximum absolute atomic E-state index is 13.0. The number of hydrogen-bond donors (Lipinski definition) is 2. The van der Waals surface area contributed by atoms with Gasteiger partial charge in [-0.2, -0.15) is 0 Å². The lowest BCUT2D eigenvalue weighted by Crippen LogP contribution is -2.34. The number of H-pyrrole nitrogens is 1. The molecule has 0 aliphatic carbocycles. The van der Waals surface area contributed by atoms with Crippen LogP contribution in [0.1, 0.15) is 12.5 Å². The fourth-order valence-corrected chi connectivity index (χ4v) is 1.90. The summed E-state index contributed by atoms with van der Waals surface area (Å²) in [6.45, 7) is 2.05. The summed E-state index contributed by atoms with van der Waals surface area (Å²) < 4.78 is 17.9. The summed E-state index contributed by atoms with van der Waals surface area (Å²) in [5, 5.41) is 0.871. The van der Waals surface area contributed by atoms with Crippen molar-refractivity contribution < 1.29 is 13.9 Å². The molecule has 0 aliphatic rings. The van der Waals surface area contributed by atoms with E-state index in [1.165, 1.54) is 12.1 Å². The van der Waals surface area contributed by atoms with E-state index in [0.717, 1.165) is 10.9 Å². The number of nitrogens with one attached hydrogen (secondary N) is 1. The first-order valence-corrected chi connectivity index (χ1v) is 5.79. The van der Waals surface area contributed by atoms with Crippen LogP contribution in [0.15, 0.2) is 24.4 Å². The Balaban J connectivity index is 2.19. The quantitative estimate of drug-likeness (QED) is 0.812. The van der Waals surface area contributed by atoms with Gasteiger partial charge in [0.1, 0.15) is 11.9 Å². The van der Waals surface area contributed by atoms with Crippen molar-refractivity contribution >= 4 is 16.9 Å². The van der Waals surface area contributed by atoms with Gasteiger partial charge >= 0.3 is 5.97 Å². The van der Waals surface area contributed by atoms with Gasteiger partial charge < -0.3 is 15.5 Å². The molecule has 0 aliphatic heterocycles. The van der Waals surface area contributed by atoms with Gasteiger partial charge in [0, 0.05) is 23.5 Å². The average molecular weight is 250 g/mol. The molecule has 4 nitrogen and oxygen atoms in total. The number of benzene rings is 1. The second-order valence-corrected chi connectivity index (χ2v) is 4.07. The zero-order chi connectivity index (χ0) is 13.1. The number of aromatic amines is 1. The number of halogens is 1. The highest BCUT2D eigenvalue weighted by Crippen LogP contribution is 2.20. The van der Waals surface area contributed by atoms with Gasteiger partial charge in [-0.25, -0.2) is 4.39 Å². The van der Waals surface area contributed by atoms with Gasteiger partial charge in [0.15, 0.2) is 0 Å². The molecule has 0 radical (unpaired) electrons. The molecule has 18 heavy (non-hydrogen) atoms. The number of fused-ring (bicyclic) bond motifs is 1. The SMILES string of the molecule is CCOC(=O)[C@H](N)Cc1c[nH]c2cc(F)ccc12. The summed E-state index contributed by atoms with van der Waals surface area (Å²) in [5.41, 5.74) is 7.33. The minimum absolute atomic E-state index is 0.300. The highest BCUT2D eigenvalue weighted by Gasteiger charge is 2.17. The van der Waals surface area contributed by atoms with Crippen LogP contribution < -0.4 is 5.73 Å². The van der Waals surface area contributed by atoms with Gasteiger partial charge in [-0.1, -0.05) is 0 Å². The molecule has 2 rings (SSSR count). The van der Waals surface area contributed by atoms with Crippen LogP contribution in [0.3, 0.4) is 0 Å². The number of ether oxygens (including phenoxy) is 1. The average Bonchev–Trinajstić information content (AvgIpc) is 2.72. The number of aromatic nitrogens is 1. The lowest BCUT2D eigenvalue weighted by Gasteiger charge is -2.09. The van der Waals surface area contributed by atoms with Crippen molar-refractivity contribution in [2.45, 2.75) is 19.4 Å². The molecule has 1 aromatic carbocycles. The van der Waals surface area contributed by atoms with Crippen molar-refractivity contribution in [2.75, 3.05) is 6.61 Å². The van der Waals surface area contributed by atoms with E-state index in [1.54, 1.807) is 19.2 Å². The lowest BCUT2D eigenvalue weighted by molar-refractivity contribution is -0.144. The molecule has 5 heteroatoms. The Labute approximate surface area is 104 Å². The zero-order valence-electron chi connectivity index (χ0n) is 10.1. The second-order valence-electron chi connectivity index (χ2n) is 4.07. The molecule has 2 aromatic rings. The fraction of sp³-hybridized carbons (Fsp3) is 0.308. The predicted octanol–water partition coefficient (Wildman–Crippen LogP) is 1.74. The minimum atomic E-state index is -0.700. The zero-order valence-corrected chi connectivity index (χ0v) is 10.1. The number of hydrogen-bond acceptors (Lipinski definition) is 3. The third kappa shape index (κ3) is 2.51. The van der Waals surface area contributed by atoms with Crippen molar-refractivity contribution in [2.24, 2.45) is 5.73 Å². The topological polar surface area (TPSA) is 68.1 Å². The summed E-state index contributed by atoms with van der Waals surface area (Å²) in [6.07, 6.45) is 2.10. The fourth-order valence-electron chi connectivity index (χ4n) is 1.90. The largest absolute Gasteiger partial charge is 0.465 e. The van der Waals surface area contributed by atoms with E-state index >= 15 is 0 Å². The maximum Gasteiger partial charge on any atom is 0.323 e. The normalized spacial score (nSPS) is 12.6. The molecule has 96 valence electrons. The molecule has 0 saturated carbocycles. The van der Waals surface area contributed by atoms with E-state index in [-0.39, 0.29) is 5.82 Å².